The number of phenolic OH excluding ortho intramolecular Hbond substituents is 2. The van der Waals surface area contributed by atoms with Gasteiger partial charge in [-0.3, -0.25) is 13.9 Å². The third kappa shape index (κ3) is 2.87. The molecule has 1 aliphatic heterocycles. The van der Waals surface area contributed by atoms with Gasteiger partial charge >= 0.3 is 5.69 Å². The van der Waals surface area contributed by atoms with Crippen LogP contribution in [0, 0.1) is 0 Å². The van der Waals surface area contributed by atoms with Gasteiger partial charge in [0.05, 0.1) is 28.9 Å². The number of hydrogen-bond acceptors (Lipinski definition) is 5. The molecule has 32 heavy (non-hydrogen) atoms. The summed E-state index contributed by atoms with van der Waals surface area (Å²) in [5.41, 5.74) is 1.86. The highest BCUT2D eigenvalue weighted by Gasteiger charge is 2.34. The number of benzene rings is 2. The predicted molar refractivity (Wildman–Crippen MR) is 120 cm³/mol. The van der Waals surface area contributed by atoms with Gasteiger partial charge in [0.25, 0.3) is 5.56 Å². The van der Waals surface area contributed by atoms with E-state index in [2.05, 4.69) is 0 Å². The average Bonchev–Trinajstić information content (AvgIpc) is 3.14. The molecule has 2 aromatic carbocycles. The van der Waals surface area contributed by atoms with Crippen molar-refractivity contribution in [3.8, 4) is 22.8 Å². The first kappa shape index (κ1) is 20.4. The van der Waals surface area contributed by atoms with Crippen LogP contribution in [0.3, 0.4) is 0 Å². The minimum Gasteiger partial charge on any atom is -0.508 e. The Kier molecular flexibility index (Phi) is 4.65. The molecule has 8 nitrogen and oxygen atoms in total. The summed E-state index contributed by atoms with van der Waals surface area (Å²) >= 11 is 6.08. The van der Waals surface area contributed by atoms with E-state index in [0.717, 1.165) is 10.1 Å². The van der Waals surface area contributed by atoms with Gasteiger partial charge < -0.3 is 19.5 Å². The molecule has 0 spiro atoms. The zero-order valence-corrected chi connectivity index (χ0v) is 18.1. The standard InChI is InChI=1S/C23H20ClN3O5/c1-25-19-17(22(30)26(2)23(25)31)18(12-3-5-13(24)6-4-12)27-9-10-32-21(20(19)27)15-11-14(28)7-8-16(15)29/h3-8,11,21,28-29H,9-10H2,1-2H3/t21-/m1/s1. The lowest BCUT2D eigenvalue weighted by atomic mass is 10.0. The smallest absolute Gasteiger partial charge is 0.331 e. The first-order valence-electron chi connectivity index (χ1n) is 10.0. The third-order valence-electron chi connectivity index (χ3n) is 5.96. The zero-order valence-electron chi connectivity index (χ0n) is 17.4. The molecule has 0 amide bonds. The monoisotopic (exact) mass is 453 g/mol. The summed E-state index contributed by atoms with van der Waals surface area (Å²) in [5, 5.41) is 21.5. The minimum absolute atomic E-state index is 0.0305. The highest BCUT2D eigenvalue weighted by Crippen LogP contribution is 2.43. The van der Waals surface area contributed by atoms with Gasteiger partial charge in [0.2, 0.25) is 0 Å². The predicted octanol–water partition coefficient (Wildman–Crippen LogP) is 2.89. The van der Waals surface area contributed by atoms with Crippen LogP contribution in [0.15, 0.2) is 52.1 Å². The molecule has 0 radical (unpaired) electrons. The second-order valence-electron chi connectivity index (χ2n) is 7.82. The molecule has 0 fully saturated rings. The summed E-state index contributed by atoms with van der Waals surface area (Å²) in [4.78, 5) is 26.1. The lowest BCUT2D eigenvalue weighted by Crippen LogP contribution is -2.37. The van der Waals surface area contributed by atoms with Crippen molar-refractivity contribution in [3.05, 3.63) is 79.6 Å². The highest BCUT2D eigenvalue weighted by atomic mass is 35.5. The van der Waals surface area contributed by atoms with Crippen molar-refractivity contribution in [1.29, 1.82) is 0 Å². The Bertz CT molecular complexity index is 1500. The molecule has 2 N–H and O–H groups in total. The van der Waals surface area contributed by atoms with Crippen molar-refractivity contribution in [2.45, 2.75) is 12.6 Å². The first-order valence-corrected chi connectivity index (χ1v) is 10.4. The summed E-state index contributed by atoms with van der Waals surface area (Å²) < 4.78 is 10.5. The molecule has 0 bridgehead atoms. The van der Waals surface area contributed by atoms with Crippen molar-refractivity contribution in [1.82, 2.24) is 13.7 Å². The molecule has 1 atom stereocenters. The number of fused-ring (bicyclic) bond motifs is 3. The molecule has 1 aliphatic rings. The van der Waals surface area contributed by atoms with E-state index < -0.39 is 17.4 Å². The van der Waals surface area contributed by atoms with E-state index in [9.17, 15) is 19.8 Å². The van der Waals surface area contributed by atoms with Crippen LogP contribution < -0.4 is 11.2 Å². The SMILES string of the molecule is Cn1c(=O)c2c(-c3ccc(Cl)cc3)n3c(c2n(C)c1=O)[C@@H](c1cc(O)ccc1O)OCC3. The molecule has 0 saturated heterocycles. The lowest BCUT2D eigenvalue weighted by Gasteiger charge is -2.28. The van der Waals surface area contributed by atoms with Crippen LogP contribution in [0.25, 0.3) is 22.2 Å². The number of halogens is 1. The number of nitrogens with zero attached hydrogens (tertiary/aromatic N) is 3. The first-order chi connectivity index (χ1) is 15.3. The van der Waals surface area contributed by atoms with Gasteiger partial charge in [0.15, 0.2) is 0 Å². The molecular formula is C23H20ClN3O5. The van der Waals surface area contributed by atoms with E-state index >= 15 is 0 Å². The molecule has 0 unspecified atom stereocenters. The Morgan fingerprint density at radius 1 is 1.03 bits per heavy atom. The Labute approximate surface area is 187 Å². The zero-order chi connectivity index (χ0) is 22.7. The van der Waals surface area contributed by atoms with Crippen molar-refractivity contribution in [2.75, 3.05) is 6.61 Å². The van der Waals surface area contributed by atoms with Crippen LogP contribution in [0.4, 0.5) is 0 Å². The van der Waals surface area contributed by atoms with Gasteiger partial charge in [-0.1, -0.05) is 23.7 Å². The number of phenols is 2. The second-order valence-corrected chi connectivity index (χ2v) is 8.25. The maximum absolute atomic E-state index is 13.3. The van der Waals surface area contributed by atoms with E-state index in [1.807, 2.05) is 16.7 Å². The second kappa shape index (κ2) is 7.29. The molecule has 4 aromatic rings. The maximum atomic E-state index is 13.3. The third-order valence-corrected chi connectivity index (χ3v) is 6.22. The van der Waals surface area contributed by atoms with E-state index in [-0.39, 0.29) is 11.5 Å². The van der Waals surface area contributed by atoms with Gasteiger partial charge in [-0.15, -0.1) is 0 Å². The van der Waals surface area contributed by atoms with Gasteiger partial charge in [-0.2, -0.15) is 0 Å². The van der Waals surface area contributed by atoms with Crippen LogP contribution in [-0.4, -0.2) is 30.5 Å². The molecule has 9 heteroatoms. The van der Waals surface area contributed by atoms with Crippen LogP contribution in [0.5, 0.6) is 11.5 Å². The average molecular weight is 454 g/mol. The fourth-order valence-corrected chi connectivity index (χ4v) is 4.60. The van der Waals surface area contributed by atoms with Gasteiger partial charge in [0.1, 0.15) is 17.6 Å². The molecule has 164 valence electrons. The fourth-order valence-electron chi connectivity index (χ4n) is 4.48. The van der Waals surface area contributed by atoms with Crippen molar-refractivity contribution < 1.29 is 14.9 Å². The Morgan fingerprint density at radius 3 is 2.47 bits per heavy atom. The van der Waals surface area contributed by atoms with Crippen LogP contribution in [0.1, 0.15) is 17.4 Å². The molecule has 2 aromatic heterocycles. The summed E-state index contributed by atoms with van der Waals surface area (Å²) in [6.07, 6.45) is -0.794. The number of aryl methyl sites for hydroxylation is 1. The molecule has 3 heterocycles. The summed E-state index contributed by atoms with van der Waals surface area (Å²) in [5.74, 6) is -0.0883. The van der Waals surface area contributed by atoms with E-state index in [4.69, 9.17) is 16.3 Å². The van der Waals surface area contributed by atoms with Crippen LogP contribution >= 0.6 is 11.6 Å². The van der Waals surface area contributed by atoms with Gasteiger partial charge in [-0.05, 0) is 35.9 Å². The Balaban J connectivity index is 1.95. The van der Waals surface area contributed by atoms with Gasteiger partial charge in [0, 0.05) is 31.2 Å². The minimum atomic E-state index is -0.794. The van der Waals surface area contributed by atoms with Crippen molar-refractivity contribution in [3.63, 3.8) is 0 Å². The number of hydrogen-bond donors (Lipinski definition) is 2. The van der Waals surface area contributed by atoms with Crippen LogP contribution in [0.2, 0.25) is 5.02 Å². The Hall–Kier alpha value is -3.49. The quantitative estimate of drug-likeness (QED) is 0.455. The summed E-state index contributed by atoms with van der Waals surface area (Å²) in [6.45, 7) is 0.748. The molecule has 0 saturated carbocycles. The Morgan fingerprint density at radius 2 is 1.75 bits per heavy atom. The topological polar surface area (TPSA) is 98.6 Å². The highest BCUT2D eigenvalue weighted by molar-refractivity contribution is 6.30. The maximum Gasteiger partial charge on any atom is 0.331 e. The van der Waals surface area contributed by atoms with E-state index in [1.165, 1.54) is 29.8 Å². The van der Waals surface area contributed by atoms with Gasteiger partial charge in [-0.25, -0.2) is 4.79 Å². The number of rotatable bonds is 2. The van der Waals surface area contributed by atoms with Crippen molar-refractivity contribution in [2.24, 2.45) is 14.1 Å². The molecule has 5 rings (SSSR count). The fraction of sp³-hybridized carbons (Fsp3) is 0.217. The molecular weight excluding hydrogens is 434 g/mol. The van der Waals surface area contributed by atoms with Crippen molar-refractivity contribution >= 4 is 22.5 Å². The lowest BCUT2D eigenvalue weighted by molar-refractivity contribution is 0.0463. The number of aromatic hydroxyl groups is 2. The van der Waals surface area contributed by atoms with E-state index in [1.54, 1.807) is 19.2 Å². The molecule has 0 aliphatic carbocycles. The number of ether oxygens (including phenoxy) is 1. The normalized spacial score (nSPS) is 15.8. The largest absolute Gasteiger partial charge is 0.508 e. The van der Waals surface area contributed by atoms with Crippen LogP contribution in [-0.2, 0) is 25.4 Å². The summed E-state index contributed by atoms with van der Waals surface area (Å²) in [6, 6.07) is 11.3. The summed E-state index contributed by atoms with van der Waals surface area (Å²) in [7, 11) is 3.05. The van der Waals surface area contributed by atoms with E-state index in [0.29, 0.717) is 46.0 Å². The number of aromatic nitrogens is 3.